The third-order valence-electron chi connectivity index (χ3n) is 4.19. The fourth-order valence-corrected chi connectivity index (χ4v) is 6.28. The van der Waals surface area contributed by atoms with Gasteiger partial charge >= 0.3 is 0 Å². The zero-order valence-electron chi connectivity index (χ0n) is 9.88. The fourth-order valence-electron chi connectivity index (χ4n) is 3.35. The molecule has 1 N–H and O–H groups in total. The summed E-state index contributed by atoms with van der Waals surface area (Å²) in [5.41, 5.74) is 1.45. The van der Waals surface area contributed by atoms with Crippen molar-refractivity contribution in [1.82, 2.24) is 5.32 Å². The molecule has 0 bridgehead atoms. The van der Waals surface area contributed by atoms with E-state index in [0.29, 0.717) is 6.04 Å². The van der Waals surface area contributed by atoms with Gasteiger partial charge in [0.25, 0.3) is 0 Å². The van der Waals surface area contributed by atoms with Gasteiger partial charge in [0, 0.05) is 6.04 Å². The molecule has 2 aliphatic carbocycles. The maximum absolute atomic E-state index is 3.71. The van der Waals surface area contributed by atoms with Crippen LogP contribution in [-0.2, 0) is 0 Å². The Morgan fingerprint density at radius 3 is 2.59 bits per heavy atom. The molecule has 0 aliphatic heterocycles. The van der Waals surface area contributed by atoms with Gasteiger partial charge in [-0.15, -0.1) is 11.3 Å². The van der Waals surface area contributed by atoms with Crippen LogP contribution in [0.25, 0.3) is 0 Å². The highest BCUT2D eigenvalue weighted by atomic mass is 79.9. The van der Waals surface area contributed by atoms with E-state index < -0.39 is 0 Å². The monoisotopic (exact) mass is 377 g/mol. The molecular formula is C13H17Br2NS. The summed E-state index contributed by atoms with van der Waals surface area (Å²) in [6, 6.07) is 2.83. The highest BCUT2D eigenvalue weighted by Gasteiger charge is 2.48. The summed E-state index contributed by atoms with van der Waals surface area (Å²) in [6.07, 6.45) is 4.37. The Hall–Kier alpha value is 0.620. The van der Waals surface area contributed by atoms with Crippen molar-refractivity contribution in [3.05, 3.63) is 19.2 Å². The Morgan fingerprint density at radius 2 is 2.06 bits per heavy atom. The second-order valence-electron chi connectivity index (χ2n) is 5.30. The van der Waals surface area contributed by atoms with Crippen LogP contribution in [0.5, 0.6) is 0 Å². The van der Waals surface area contributed by atoms with Crippen LogP contribution >= 0.6 is 43.2 Å². The molecule has 3 atom stereocenters. The lowest BCUT2D eigenvalue weighted by Crippen LogP contribution is -2.27. The predicted molar refractivity (Wildman–Crippen MR) is 80.5 cm³/mol. The van der Waals surface area contributed by atoms with E-state index in [4.69, 9.17) is 0 Å². The van der Waals surface area contributed by atoms with Crippen molar-refractivity contribution in [1.29, 1.82) is 0 Å². The van der Waals surface area contributed by atoms with Crippen molar-refractivity contribution in [2.75, 3.05) is 6.54 Å². The first-order valence-electron chi connectivity index (χ1n) is 6.37. The molecule has 1 aromatic rings. The van der Waals surface area contributed by atoms with Crippen molar-refractivity contribution in [3.8, 4) is 0 Å². The number of rotatable bonds is 4. The summed E-state index contributed by atoms with van der Waals surface area (Å²) >= 11 is 9.09. The molecule has 0 saturated heterocycles. The van der Waals surface area contributed by atoms with E-state index >= 15 is 0 Å². The first kappa shape index (κ1) is 12.6. The lowest BCUT2D eigenvalue weighted by atomic mass is 9.90. The molecule has 0 amide bonds. The van der Waals surface area contributed by atoms with Gasteiger partial charge in [0.05, 0.1) is 7.57 Å². The average Bonchev–Trinajstić information content (AvgIpc) is 2.75. The molecule has 0 radical (unpaired) electrons. The van der Waals surface area contributed by atoms with E-state index in [0.717, 1.165) is 24.3 Å². The molecule has 3 rings (SSSR count). The smallest absolute Gasteiger partial charge is 0.0758 e. The van der Waals surface area contributed by atoms with Crippen LogP contribution in [0.3, 0.4) is 0 Å². The largest absolute Gasteiger partial charge is 0.310 e. The van der Waals surface area contributed by atoms with Crippen LogP contribution in [0, 0.1) is 17.8 Å². The highest BCUT2D eigenvalue weighted by molar-refractivity contribution is 9.12. The summed E-state index contributed by atoms with van der Waals surface area (Å²) in [5, 5.41) is 3.69. The van der Waals surface area contributed by atoms with E-state index in [9.17, 15) is 0 Å². The zero-order valence-corrected chi connectivity index (χ0v) is 13.9. The van der Waals surface area contributed by atoms with Gasteiger partial charge < -0.3 is 5.32 Å². The van der Waals surface area contributed by atoms with E-state index in [1.807, 2.05) is 0 Å². The minimum absolute atomic E-state index is 0.546. The molecular weight excluding hydrogens is 362 g/mol. The number of fused-ring (bicyclic) bond motifs is 1. The molecule has 0 spiro atoms. The van der Waals surface area contributed by atoms with Gasteiger partial charge in [-0.3, -0.25) is 0 Å². The third kappa shape index (κ3) is 2.51. The van der Waals surface area contributed by atoms with E-state index in [-0.39, 0.29) is 0 Å². The third-order valence-corrected chi connectivity index (χ3v) is 6.58. The van der Waals surface area contributed by atoms with Crippen LogP contribution in [0.4, 0.5) is 0 Å². The Kier molecular flexibility index (Phi) is 3.68. The van der Waals surface area contributed by atoms with E-state index in [1.54, 1.807) is 11.3 Å². The molecule has 1 nitrogen and oxygen atoms in total. The molecule has 2 saturated carbocycles. The van der Waals surface area contributed by atoms with Crippen LogP contribution < -0.4 is 5.32 Å². The van der Waals surface area contributed by atoms with Crippen LogP contribution in [0.1, 0.15) is 37.8 Å². The number of thiophene rings is 1. The standard InChI is InChI=1S/C13H17Br2NS/c1-2-16-12(9-4-7-3-8(7)5-9)10-6-11(14)17-13(10)15/h6-9,12,16H,2-5H2,1H3. The summed E-state index contributed by atoms with van der Waals surface area (Å²) in [4.78, 5) is 0. The first-order chi connectivity index (χ1) is 8.19. The van der Waals surface area contributed by atoms with Crippen molar-refractivity contribution >= 4 is 43.2 Å². The van der Waals surface area contributed by atoms with Gasteiger partial charge in [-0.05, 0) is 87.1 Å². The Labute approximate surface area is 124 Å². The second-order valence-corrected chi connectivity index (χ2v) is 9.05. The fraction of sp³-hybridized carbons (Fsp3) is 0.692. The highest BCUT2D eigenvalue weighted by Crippen LogP contribution is 2.57. The van der Waals surface area contributed by atoms with Crippen molar-refractivity contribution in [2.45, 2.75) is 32.2 Å². The Morgan fingerprint density at radius 1 is 1.35 bits per heavy atom. The molecule has 0 aromatic carbocycles. The Balaban J connectivity index is 1.81. The lowest BCUT2D eigenvalue weighted by Gasteiger charge is -2.25. The molecule has 2 aliphatic rings. The SMILES string of the molecule is CCNC(c1cc(Br)sc1Br)C1CC2CC2C1. The van der Waals surface area contributed by atoms with Gasteiger partial charge in [0.1, 0.15) is 0 Å². The molecule has 3 unspecified atom stereocenters. The van der Waals surface area contributed by atoms with Crippen LogP contribution in [0.15, 0.2) is 13.6 Å². The number of nitrogens with one attached hydrogen (secondary N) is 1. The summed E-state index contributed by atoms with van der Waals surface area (Å²) in [5.74, 6) is 2.96. The summed E-state index contributed by atoms with van der Waals surface area (Å²) in [7, 11) is 0. The lowest BCUT2D eigenvalue weighted by molar-refractivity contribution is 0.346. The maximum atomic E-state index is 3.71. The van der Waals surface area contributed by atoms with Gasteiger partial charge in [-0.25, -0.2) is 0 Å². The average molecular weight is 379 g/mol. The normalized spacial score (nSPS) is 32.5. The minimum atomic E-state index is 0.546. The maximum Gasteiger partial charge on any atom is 0.0758 e. The van der Waals surface area contributed by atoms with Gasteiger partial charge in [-0.1, -0.05) is 6.92 Å². The zero-order chi connectivity index (χ0) is 12.0. The summed E-state index contributed by atoms with van der Waals surface area (Å²) < 4.78 is 2.52. The summed E-state index contributed by atoms with van der Waals surface area (Å²) in [6.45, 7) is 3.26. The number of halogens is 2. The molecule has 2 fully saturated rings. The van der Waals surface area contributed by atoms with E-state index in [2.05, 4.69) is 50.2 Å². The van der Waals surface area contributed by atoms with Crippen molar-refractivity contribution < 1.29 is 0 Å². The second kappa shape index (κ2) is 4.95. The van der Waals surface area contributed by atoms with E-state index in [1.165, 1.54) is 32.4 Å². The van der Waals surface area contributed by atoms with Crippen LogP contribution in [-0.4, -0.2) is 6.54 Å². The molecule has 4 heteroatoms. The molecule has 17 heavy (non-hydrogen) atoms. The van der Waals surface area contributed by atoms with Gasteiger partial charge in [-0.2, -0.15) is 0 Å². The van der Waals surface area contributed by atoms with Gasteiger partial charge in [0.2, 0.25) is 0 Å². The minimum Gasteiger partial charge on any atom is -0.310 e. The number of hydrogen-bond acceptors (Lipinski definition) is 2. The molecule has 1 heterocycles. The Bertz CT molecular complexity index is 408. The first-order valence-corrected chi connectivity index (χ1v) is 8.77. The van der Waals surface area contributed by atoms with Crippen LogP contribution in [0.2, 0.25) is 0 Å². The predicted octanol–water partition coefficient (Wildman–Crippen LogP) is 4.97. The molecule has 94 valence electrons. The quantitative estimate of drug-likeness (QED) is 0.779. The number of hydrogen-bond donors (Lipinski definition) is 1. The van der Waals surface area contributed by atoms with Crippen molar-refractivity contribution in [3.63, 3.8) is 0 Å². The topological polar surface area (TPSA) is 12.0 Å². The van der Waals surface area contributed by atoms with Crippen molar-refractivity contribution in [2.24, 2.45) is 17.8 Å². The van der Waals surface area contributed by atoms with Gasteiger partial charge in [0.15, 0.2) is 0 Å². The molecule has 1 aromatic heterocycles.